The Labute approximate surface area is 124 Å². The van der Waals surface area contributed by atoms with Crippen LogP contribution < -0.4 is 4.74 Å². The number of halogens is 3. The lowest BCUT2D eigenvalue weighted by molar-refractivity contribution is 0.291. The number of ether oxygens (including phenoxy) is 1. The summed E-state index contributed by atoms with van der Waals surface area (Å²) in [6, 6.07) is 4.30. The molecule has 2 rings (SSSR count). The SMILES string of the molecule is CCn1nc(C)c(Br)c1COc1ccc(F)c(Cl)c1. The molecular formula is C13H13BrClFN2O. The van der Waals surface area contributed by atoms with Gasteiger partial charge in [-0.05, 0) is 41.9 Å². The van der Waals surface area contributed by atoms with Gasteiger partial charge in [0.25, 0.3) is 0 Å². The minimum Gasteiger partial charge on any atom is -0.487 e. The fourth-order valence-corrected chi connectivity index (χ4v) is 2.29. The van der Waals surface area contributed by atoms with Crippen molar-refractivity contribution >= 4 is 27.5 Å². The lowest BCUT2D eigenvalue weighted by atomic mass is 10.3. The minimum absolute atomic E-state index is 0.0525. The quantitative estimate of drug-likeness (QED) is 0.822. The first-order valence-electron chi connectivity index (χ1n) is 5.82. The molecule has 6 heteroatoms. The Morgan fingerprint density at radius 2 is 2.21 bits per heavy atom. The van der Waals surface area contributed by atoms with Crippen molar-refractivity contribution in [2.75, 3.05) is 0 Å². The highest BCUT2D eigenvalue weighted by atomic mass is 79.9. The Morgan fingerprint density at radius 1 is 1.47 bits per heavy atom. The average Bonchev–Trinajstić information content (AvgIpc) is 2.67. The van der Waals surface area contributed by atoms with Crippen molar-refractivity contribution in [3.63, 3.8) is 0 Å². The molecular weight excluding hydrogens is 335 g/mol. The second kappa shape index (κ2) is 5.92. The molecule has 1 heterocycles. The second-order valence-corrected chi connectivity index (χ2v) is 5.23. The van der Waals surface area contributed by atoms with Crippen LogP contribution in [-0.2, 0) is 13.2 Å². The maximum absolute atomic E-state index is 13.0. The third kappa shape index (κ3) is 3.09. The van der Waals surface area contributed by atoms with Crippen molar-refractivity contribution in [2.24, 2.45) is 0 Å². The third-order valence-corrected chi connectivity index (χ3v) is 4.04. The van der Waals surface area contributed by atoms with E-state index in [4.69, 9.17) is 16.3 Å². The summed E-state index contributed by atoms with van der Waals surface area (Å²) >= 11 is 9.20. The van der Waals surface area contributed by atoms with Crippen LogP contribution in [0.4, 0.5) is 4.39 Å². The van der Waals surface area contributed by atoms with Gasteiger partial charge in [0, 0.05) is 12.6 Å². The molecule has 0 spiro atoms. The van der Waals surface area contributed by atoms with Crippen molar-refractivity contribution in [1.82, 2.24) is 9.78 Å². The maximum atomic E-state index is 13.0. The van der Waals surface area contributed by atoms with Crippen molar-refractivity contribution < 1.29 is 9.13 Å². The van der Waals surface area contributed by atoms with Crippen molar-refractivity contribution in [2.45, 2.75) is 27.0 Å². The minimum atomic E-state index is -0.454. The lowest BCUT2D eigenvalue weighted by Crippen LogP contribution is -2.06. The Bertz CT molecular complexity index is 601. The van der Waals surface area contributed by atoms with Gasteiger partial charge in [0.15, 0.2) is 0 Å². The number of aromatic nitrogens is 2. The van der Waals surface area contributed by atoms with Crippen LogP contribution in [0.3, 0.4) is 0 Å². The van der Waals surface area contributed by atoms with Crippen molar-refractivity contribution in [1.29, 1.82) is 0 Å². The summed E-state index contributed by atoms with van der Waals surface area (Å²) in [5.41, 5.74) is 1.86. The Kier molecular flexibility index (Phi) is 4.47. The van der Waals surface area contributed by atoms with Crippen LogP contribution in [0.5, 0.6) is 5.75 Å². The highest BCUT2D eigenvalue weighted by Gasteiger charge is 2.12. The summed E-state index contributed by atoms with van der Waals surface area (Å²) in [6.07, 6.45) is 0. The molecule has 19 heavy (non-hydrogen) atoms. The van der Waals surface area contributed by atoms with Crippen LogP contribution in [0, 0.1) is 12.7 Å². The number of hydrogen-bond donors (Lipinski definition) is 0. The molecule has 0 bridgehead atoms. The molecule has 0 aliphatic heterocycles. The molecule has 0 aliphatic carbocycles. The zero-order valence-electron chi connectivity index (χ0n) is 10.6. The van der Waals surface area contributed by atoms with Gasteiger partial charge in [-0.15, -0.1) is 0 Å². The molecule has 2 aromatic rings. The first-order chi connectivity index (χ1) is 9.02. The molecule has 3 nitrogen and oxygen atoms in total. The van der Waals surface area contributed by atoms with Gasteiger partial charge >= 0.3 is 0 Å². The zero-order chi connectivity index (χ0) is 14.0. The molecule has 0 atom stereocenters. The molecule has 0 saturated heterocycles. The van der Waals surface area contributed by atoms with Gasteiger partial charge in [-0.1, -0.05) is 11.6 Å². The van der Waals surface area contributed by atoms with Crippen LogP contribution in [0.2, 0.25) is 5.02 Å². The number of benzene rings is 1. The molecule has 102 valence electrons. The maximum Gasteiger partial charge on any atom is 0.142 e. The van der Waals surface area contributed by atoms with Crippen LogP contribution in [0.25, 0.3) is 0 Å². The molecule has 0 N–H and O–H groups in total. The normalized spacial score (nSPS) is 10.8. The standard InChI is InChI=1S/C13H13BrClFN2O/c1-3-18-12(13(14)8(2)17-18)7-19-9-4-5-11(16)10(15)6-9/h4-6H,3,7H2,1-2H3. The fraction of sp³-hybridized carbons (Fsp3) is 0.308. The Hall–Kier alpha value is -1.07. The topological polar surface area (TPSA) is 27.1 Å². The van der Waals surface area contributed by atoms with Gasteiger partial charge in [0.2, 0.25) is 0 Å². The first kappa shape index (κ1) is 14.3. The summed E-state index contributed by atoms with van der Waals surface area (Å²) < 4.78 is 21.5. The van der Waals surface area contributed by atoms with Crippen molar-refractivity contribution in [3.05, 3.63) is 44.9 Å². The third-order valence-electron chi connectivity index (χ3n) is 2.72. The molecule has 0 amide bonds. The monoisotopic (exact) mass is 346 g/mol. The molecule has 1 aromatic heterocycles. The Balaban J connectivity index is 2.16. The van der Waals surface area contributed by atoms with E-state index >= 15 is 0 Å². The van der Waals surface area contributed by atoms with E-state index in [0.29, 0.717) is 12.4 Å². The number of aryl methyl sites for hydroxylation is 2. The van der Waals surface area contributed by atoms with E-state index in [1.807, 2.05) is 18.5 Å². The van der Waals surface area contributed by atoms with E-state index in [9.17, 15) is 4.39 Å². The molecule has 0 radical (unpaired) electrons. The summed E-state index contributed by atoms with van der Waals surface area (Å²) in [5.74, 6) is 0.0736. The predicted molar refractivity (Wildman–Crippen MR) is 76.1 cm³/mol. The highest BCUT2D eigenvalue weighted by Crippen LogP contribution is 2.25. The van der Waals surface area contributed by atoms with Crippen LogP contribution in [-0.4, -0.2) is 9.78 Å². The Morgan fingerprint density at radius 3 is 2.84 bits per heavy atom. The van der Waals surface area contributed by atoms with Gasteiger partial charge in [-0.2, -0.15) is 5.10 Å². The van der Waals surface area contributed by atoms with Gasteiger partial charge in [0.1, 0.15) is 18.2 Å². The van der Waals surface area contributed by atoms with Gasteiger partial charge in [-0.25, -0.2) is 4.39 Å². The van der Waals surface area contributed by atoms with E-state index < -0.39 is 5.82 Å². The summed E-state index contributed by atoms with van der Waals surface area (Å²) in [7, 11) is 0. The largest absolute Gasteiger partial charge is 0.487 e. The molecule has 0 fully saturated rings. The molecule has 0 aliphatic rings. The van der Waals surface area contributed by atoms with Gasteiger partial charge < -0.3 is 4.74 Å². The summed E-state index contributed by atoms with van der Waals surface area (Å²) in [4.78, 5) is 0. The molecule has 0 saturated carbocycles. The average molecular weight is 348 g/mol. The van der Waals surface area contributed by atoms with Gasteiger partial charge in [-0.3, -0.25) is 4.68 Å². The van der Waals surface area contributed by atoms with E-state index in [0.717, 1.165) is 22.4 Å². The highest BCUT2D eigenvalue weighted by molar-refractivity contribution is 9.10. The number of nitrogens with zero attached hydrogens (tertiary/aromatic N) is 2. The number of hydrogen-bond acceptors (Lipinski definition) is 2. The van der Waals surface area contributed by atoms with Gasteiger partial charge in [0.05, 0.1) is 20.9 Å². The smallest absolute Gasteiger partial charge is 0.142 e. The van der Waals surface area contributed by atoms with Crippen LogP contribution in [0.15, 0.2) is 22.7 Å². The number of rotatable bonds is 4. The lowest BCUT2D eigenvalue weighted by Gasteiger charge is -2.09. The fourth-order valence-electron chi connectivity index (χ4n) is 1.73. The second-order valence-electron chi connectivity index (χ2n) is 4.03. The van der Waals surface area contributed by atoms with E-state index in [1.165, 1.54) is 12.1 Å². The molecule has 1 aromatic carbocycles. The van der Waals surface area contributed by atoms with Crippen LogP contribution >= 0.6 is 27.5 Å². The predicted octanol–water partition coefficient (Wildman–Crippen LogP) is 4.35. The zero-order valence-corrected chi connectivity index (χ0v) is 12.9. The first-order valence-corrected chi connectivity index (χ1v) is 6.99. The van der Waals surface area contributed by atoms with E-state index in [-0.39, 0.29) is 5.02 Å². The van der Waals surface area contributed by atoms with Crippen LogP contribution in [0.1, 0.15) is 18.3 Å². The van der Waals surface area contributed by atoms with E-state index in [2.05, 4.69) is 21.0 Å². The summed E-state index contributed by atoms with van der Waals surface area (Å²) in [6.45, 7) is 5.04. The summed E-state index contributed by atoms with van der Waals surface area (Å²) in [5, 5.41) is 4.43. The molecule has 0 unspecified atom stereocenters. The van der Waals surface area contributed by atoms with E-state index in [1.54, 1.807) is 6.07 Å². The van der Waals surface area contributed by atoms with Crippen molar-refractivity contribution in [3.8, 4) is 5.75 Å².